The number of esters is 1. The number of carbonyl (C=O) groups excluding carboxylic acids is 1. The van der Waals surface area contributed by atoms with E-state index in [1.807, 2.05) is 6.92 Å². The van der Waals surface area contributed by atoms with Crippen molar-refractivity contribution in [3.05, 3.63) is 51.1 Å². The van der Waals surface area contributed by atoms with Gasteiger partial charge in [0.15, 0.2) is 0 Å². The summed E-state index contributed by atoms with van der Waals surface area (Å²) in [7, 11) is 0. The van der Waals surface area contributed by atoms with Gasteiger partial charge in [0.1, 0.15) is 12.7 Å². The summed E-state index contributed by atoms with van der Waals surface area (Å²) < 4.78 is 16.8. The molecule has 10 heteroatoms. The Morgan fingerprint density at radius 3 is 2.60 bits per heavy atom. The molecule has 0 radical (unpaired) electrons. The van der Waals surface area contributed by atoms with Crippen LogP contribution in [0.15, 0.2) is 35.4 Å². The molecule has 0 unspecified atom stereocenters. The minimum Gasteiger partial charge on any atom is -0.457 e. The molecule has 2 saturated heterocycles. The van der Waals surface area contributed by atoms with E-state index in [1.54, 1.807) is 26.8 Å². The van der Waals surface area contributed by atoms with Crippen LogP contribution in [0.3, 0.4) is 0 Å². The van der Waals surface area contributed by atoms with Crippen molar-refractivity contribution in [1.29, 1.82) is 0 Å². The predicted octanol–water partition coefficient (Wildman–Crippen LogP) is 2.28. The van der Waals surface area contributed by atoms with Gasteiger partial charge in [-0.1, -0.05) is 24.6 Å². The van der Waals surface area contributed by atoms with Crippen molar-refractivity contribution in [2.75, 3.05) is 6.61 Å². The van der Waals surface area contributed by atoms with Crippen LogP contribution in [0.2, 0.25) is 0 Å². The number of non-ortho nitro benzene ring substituents is 1. The zero-order valence-electron chi connectivity index (χ0n) is 20.5. The van der Waals surface area contributed by atoms with Crippen molar-refractivity contribution in [3.63, 3.8) is 0 Å². The van der Waals surface area contributed by atoms with Crippen LogP contribution < -0.4 is 0 Å². The van der Waals surface area contributed by atoms with Gasteiger partial charge in [0.2, 0.25) is 0 Å². The lowest BCUT2D eigenvalue weighted by Gasteiger charge is -2.38. The molecule has 0 aromatic heterocycles. The van der Waals surface area contributed by atoms with E-state index in [4.69, 9.17) is 14.2 Å². The van der Waals surface area contributed by atoms with Crippen molar-refractivity contribution in [1.82, 2.24) is 0 Å². The molecule has 2 heterocycles. The first-order valence-corrected chi connectivity index (χ1v) is 11.9. The van der Waals surface area contributed by atoms with Crippen molar-refractivity contribution in [2.45, 2.75) is 83.8 Å². The zero-order valence-corrected chi connectivity index (χ0v) is 20.5. The van der Waals surface area contributed by atoms with E-state index < -0.39 is 35.3 Å². The molecule has 2 fully saturated rings. The average molecular weight is 494 g/mol. The average Bonchev–Trinajstić information content (AvgIpc) is 3.60. The summed E-state index contributed by atoms with van der Waals surface area (Å²) in [6, 6.07) is 5.87. The maximum Gasteiger partial charge on any atom is 0.333 e. The fourth-order valence-electron chi connectivity index (χ4n) is 4.36. The number of ether oxygens (including phenoxy) is 3. The van der Waals surface area contributed by atoms with Gasteiger partial charge in [-0.2, -0.15) is 0 Å². The largest absolute Gasteiger partial charge is 0.457 e. The highest BCUT2D eigenvalue weighted by molar-refractivity contribution is 5.88. The number of nitro groups is 1. The minimum atomic E-state index is -1.12. The van der Waals surface area contributed by atoms with Crippen LogP contribution >= 0.6 is 0 Å². The van der Waals surface area contributed by atoms with Crippen LogP contribution in [0.25, 0.3) is 0 Å². The van der Waals surface area contributed by atoms with Crippen molar-refractivity contribution in [3.8, 4) is 0 Å². The second kappa shape index (κ2) is 11.6. The Kier molecular flexibility index (Phi) is 9.00. The smallest absolute Gasteiger partial charge is 0.333 e. The summed E-state index contributed by atoms with van der Waals surface area (Å²) in [5.74, 6) is -0.864. The van der Waals surface area contributed by atoms with Crippen molar-refractivity contribution in [2.24, 2.45) is 11.8 Å². The van der Waals surface area contributed by atoms with Gasteiger partial charge >= 0.3 is 5.97 Å². The van der Waals surface area contributed by atoms with Gasteiger partial charge in [0, 0.05) is 29.5 Å². The molecule has 0 aliphatic carbocycles. The fourth-order valence-corrected chi connectivity index (χ4v) is 4.36. The van der Waals surface area contributed by atoms with Crippen LogP contribution in [-0.2, 0) is 25.6 Å². The summed E-state index contributed by atoms with van der Waals surface area (Å²) in [5.41, 5.74) is 1.43. The lowest BCUT2D eigenvalue weighted by Crippen LogP contribution is -2.50. The van der Waals surface area contributed by atoms with Gasteiger partial charge in [-0.15, -0.1) is 0 Å². The molecule has 0 bridgehead atoms. The van der Waals surface area contributed by atoms with E-state index in [2.05, 4.69) is 0 Å². The predicted molar refractivity (Wildman–Crippen MR) is 125 cm³/mol. The zero-order chi connectivity index (χ0) is 25.9. The summed E-state index contributed by atoms with van der Waals surface area (Å²) in [6.07, 6.45) is -2.63. The topological polar surface area (TPSA) is 152 Å². The number of nitrogens with zero attached hydrogens (tertiary/aromatic N) is 1. The number of nitro benzene ring substituents is 1. The third-order valence-corrected chi connectivity index (χ3v) is 7.12. The Hall–Kier alpha value is -2.37. The summed E-state index contributed by atoms with van der Waals surface area (Å²) in [6.45, 7) is 7.12. The molecule has 0 spiro atoms. The third kappa shape index (κ3) is 6.86. The highest BCUT2D eigenvalue weighted by atomic mass is 16.6. The van der Waals surface area contributed by atoms with Crippen LogP contribution in [0.4, 0.5) is 5.69 Å². The first kappa shape index (κ1) is 27.2. The Labute approximate surface area is 204 Å². The Balaban J connectivity index is 1.51. The first-order chi connectivity index (χ1) is 16.5. The van der Waals surface area contributed by atoms with Gasteiger partial charge in [-0.3, -0.25) is 10.1 Å². The van der Waals surface area contributed by atoms with Gasteiger partial charge < -0.3 is 29.5 Å². The number of aliphatic hydroxyl groups is 3. The van der Waals surface area contributed by atoms with E-state index in [0.29, 0.717) is 23.1 Å². The normalized spacial score (nSPS) is 30.7. The minimum absolute atomic E-state index is 0.00755. The molecular weight excluding hydrogens is 458 g/mol. The number of benzene rings is 1. The van der Waals surface area contributed by atoms with E-state index in [1.165, 1.54) is 18.2 Å². The van der Waals surface area contributed by atoms with Gasteiger partial charge in [0.05, 0.1) is 42.1 Å². The molecule has 8 atom stereocenters. The Morgan fingerprint density at radius 2 is 1.94 bits per heavy atom. The molecule has 1 aromatic carbocycles. The molecular formula is C25H35NO9. The van der Waals surface area contributed by atoms with Crippen LogP contribution in [0.5, 0.6) is 0 Å². The van der Waals surface area contributed by atoms with Gasteiger partial charge in [-0.05, 0) is 39.2 Å². The third-order valence-electron chi connectivity index (χ3n) is 7.12. The first-order valence-electron chi connectivity index (χ1n) is 11.9. The molecule has 2 aliphatic heterocycles. The number of rotatable bonds is 10. The summed E-state index contributed by atoms with van der Waals surface area (Å²) in [5, 5.41) is 41.9. The molecule has 35 heavy (non-hydrogen) atoms. The number of aliphatic hydroxyl groups excluding tert-OH is 3. The lowest BCUT2D eigenvalue weighted by molar-refractivity contribution is -0.384. The quantitative estimate of drug-likeness (QED) is 0.146. The highest BCUT2D eigenvalue weighted by Gasteiger charge is 2.48. The van der Waals surface area contributed by atoms with Gasteiger partial charge in [-0.25, -0.2) is 4.79 Å². The van der Waals surface area contributed by atoms with Crippen LogP contribution in [-0.4, -0.2) is 69.4 Å². The monoisotopic (exact) mass is 493 g/mol. The summed E-state index contributed by atoms with van der Waals surface area (Å²) >= 11 is 0. The molecule has 3 N–H and O–H groups in total. The number of hydrogen-bond donors (Lipinski definition) is 3. The molecule has 1 aromatic rings. The van der Waals surface area contributed by atoms with E-state index >= 15 is 0 Å². The fraction of sp³-hybridized carbons (Fsp3) is 0.640. The Morgan fingerprint density at radius 1 is 1.23 bits per heavy atom. The molecule has 2 aliphatic rings. The van der Waals surface area contributed by atoms with E-state index in [-0.39, 0.29) is 49.4 Å². The molecule has 194 valence electrons. The van der Waals surface area contributed by atoms with Crippen molar-refractivity contribution >= 4 is 11.7 Å². The molecule has 0 saturated carbocycles. The number of hydrogen-bond acceptors (Lipinski definition) is 9. The van der Waals surface area contributed by atoms with Crippen molar-refractivity contribution < 1.29 is 39.2 Å². The summed E-state index contributed by atoms with van der Waals surface area (Å²) in [4.78, 5) is 22.9. The number of carbonyl (C=O) groups is 1. The second-order valence-corrected chi connectivity index (χ2v) is 9.70. The lowest BCUT2D eigenvalue weighted by atomic mass is 9.85. The SMILES string of the molecule is CC(C[C@@H]1OC[C@H](C[C@@H]2O[C@H]2[C@@H](C)[C@H](C)O)[C@@H](O)[C@H]1O)=C(C)C(=O)OCc1cccc([N+](=O)[O-])c1. The number of epoxide rings is 1. The van der Waals surface area contributed by atoms with Gasteiger partial charge in [0.25, 0.3) is 5.69 Å². The van der Waals surface area contributed by atoms with Crippen LogP contribution in [0.1, 0.15) is 46.1 Å². The van der Waals surface area contributed by atoms with Crippen LogP contribution in [0, 0.1) is 22.0 Å². The van der Waals surface area contributed by atoms with E-state index in [9.17, 15) is 30.2 Å². The maximum absolute atomic E-state index is 12.5. The molecule has 0 amide bonds. The molecule has 10 nitrogen and oxygen atoms in total. The highest BCUT2D eigenvalue weighted by Crippen LogP contribution is 2.38. The standard InChI is InChI=1S/C25H35NO9/c1-13(14(2)25(30)34-11-17-6-5-7-19(9-17)26(31)32)8-20-23(29)22(28)18(12-33-20)10-21-24(35-21)15(3)16(4)27/h5-7,9,15-16,18,20-24,27-29H,8,10-12H2,1-4H3/t15-,16-,18-,20-,21-,22+,23-,24-/m0/s1. The molecule has 3 rings (SSSR count). The van der Waals surface area contributed by atoms with E-state index in [0.717, 1.165) is 0 Å². The second-order valence-electron chi connectivity index (χ2n) is 9.70. The Bertz CT molecular complexity index is 947. The maximum atomic E-state index is 12.5.